The molecule has 0 saturated carbocycles. The fourth-order valence-corrected chi connectivity index (χ4v) is 1.61. The average Bonchev–Trinajstić information content (AvgIpc) is 2.33. The van der Waals surface area contributed by atoms with Gasteiger partial charge in [0.15, 0.2) is 0 Å². The maximum Gasteiger partial charge on any atom is 0.309 e. The monoisotopic (exact) mass is 248 g/mol. The minimum atomic E-state index is -0.221. The third-order valence-electron chi connectivity index (χ3n) is 2.74. The zero-order chi connectivity index (χ0) is 14.0. The number of carbonyl (C=O) groups is 1. The number of rotatable bonds is 7. The predicted molar refractivity (Wildman–Crippen MR) is 76.0 cm³/mol. The third kappa shape index (κ3) is 7.73. The smallest absolute Gasteiger partial charge is 0.309 e. The van der Waals surface area contributed by atoms with Crippen LogP contribution in [0.5, 0.6) is 0 Å². The highest BCUT2D eigenvalue weighted by Crippen LogP contribution is 2.15. The summed E-state index contributed by atoms with van der Waals surface area (Å²) in [4.78, 5) is 11.5. The number of ether oxygens (including phenoxy) is 1. The van der Waals surface area contributed by atoms with Crippen molar-refractivity contribution in [3.63, 3.8) is 0 Å². The maximum atomic E-state index is 11.5. The summed E-state index contributed by atoms with van der Waals surface area (Å²) in [5.74, 6) is 2.09. The molecular weight excluding hydrogens is 224 g/mol. The number of esters is 1. The molecule has 0 aromatic carbocycles. The Kier molecular flexibility index (Phi) is 8.74. The van der Waals surface area contributed by atoms with Gasteiger partial charge in [-0.05, 0) is 40.0 Å². The van der Waals surface area contributed by atoms with Gasteiger partial charge in [-0.2, -0.15) is 0 Å². The lowest BCUT2D eigenvalue weighted by molar-refractivity contribution is -0.145. The summed E-state index contributed by atoms with van der Waals surface area (Å²) in [7, 11) is 1.40. The second-order valence-corrected chi connectivity index (χ2v) is 4.73. The van der Waals surface area contributed by atoms with E-state index in [0.29, 0.717) is 12.8 Å². The fourth-order valence-electron chi connectivity index (χ4n) is 1.61. The van der Waals surface area contributed by atoms with Crippen LogP contribution in [0.25, 0.3) is 0 Å². The van der Waals surface area contributed by atoms with E-state index in [1.54, 1.807) is 0 Å². The highest BCUT2D eigenvalue weighted by atomic mass is 16.5. The molecule has 0 aromatic heterocycles. The Labute approximate surface area is 111 Å². The van der Waals surface area contributed by atoms with Gasteiger partial charge in [-0.1, -0.05) is 23.3 Å². The normalized spacial score (nSPS) is 12.5. The van der Waals surface area contributed by atoms with Crippen molar-refractivity contribution in [1.82, 2.24) is 0 Å². The van der Waals surface area contributed by atoms with Gasteiger partial charge in [-0.3, -0.25) is 4.79 Å². The summed E-state index contributed by atoms with van der Waals surface area (Å²) in [6, 6.07) is 0. The minimum absolute atomic E-state index is 0.210. The Hall–Kier alpha value is -1.49. The van der Waals surface area contributed by atoms with Crippen LogP contribution in [-0.2, 0) is 9.53 Å². The van der Waals surface area contributed by atoms with Crippen LogP contribution in [0, 0.1) is 18.3 Å². The Morgan fingerprint density at radius 3 is 2.50 bits per heavy atom. The molecule has 0 saturated heterocycles. The maximum absolute atomic E-state index is 11.5. The molecule has 0 bridgehead atoms. The van der Waals surface area contributed by atoms with Crippen LogP contribution >= 0.6 is 0 Å². The van der Waals surface area contributed by atoms with Crippen molar-refractivity contribution >= 4 is 5.97 Å². The summed E-state index contributed by atoms with van der Waals surface area (Å²) in [5, 5.41) is 0. The molecule has 0 rings (SSSR count). The van der Waals surface area contributed by atoms with Gasteiger partial charge >= 0.3 is 5.97 Å². The molecule has 0 aliphatic rings. The SMILES string of the molecule is C#CCC(C/C=C(\C)CCC=C(C)C)C(=O)OC. The van der Waals surface area contributed by atoms with Crippen LogP contribution < -0.4 is 0 Å². The zero-order valence-corrected chi connectivity index (χ0v) is 12.0. The number of methoxy groups -OCH3 is 1. The first kappa shape index (κ1) is 16.5. The highest BCUT2D eigenvalue weighted by molar-refractivity contribution is 5.72. The lowest BCUT2D eigenvalue weighted by atomic mass is 9.99. The molecule has 0 radical (unpaired) electrons. The average molecular weight is 248 g/mol. The number of allylic oxidation sites excluding steroid dienone is 4. The van der Waals surface area contributed by atoms with Crippen molar-refractivity contribution in [2.24, 2.45) is 5.92 Å². The molecular formula is C16H24O2. The highest BCUT2D eigenvalue weighted by Gasteiger charge is 2.16. The molecule has 0 N–H and O–H groups in total. The Morgan fingerprint density at radius 2 is 2.00 bits per heavy atom. The van der Waals surface area contributed by atoms with Gasteiger partial charge in [0.1, 0.15) is 0 Å². The largest absolute Gasteiger partial charge is 0.469 e. The molecule has 0 aliphatic carbocycles. The van der Waals surface area contributed by atoms with E-state index in [0.717, 1.165) is 12.8 Å². The molecule has 2 nitrogen and oxygen atoms in total. The van der Waals surface area contributed by atoms with Crippen LogP contribution in [0.3, 0.4) is 0 Å². The first-order chi connectivity index (χ1) is 8.51. The zero-order valence-electron chi connectivity index (χ0n) is 12.0. The van der Waals surface area contributed by atoms with Gasteiger partial charge < -0.3 is 4.74 Å². The molecule has 0 fully saturated rings. The van der Waals surface area contributed by atoms with Gasteiger partial charge in [0, 0.05) is 6.42 Å². The van der Waals surface area contributed by atoms with E-state index in [4.69, 9.17) is 11.2 Å². The van der Waals surface area contributed by atoms with Crippen molar-refractivity contribution in [3.8, 4) is 12.3 Å². The van der Waals surface area contributed by atoms with Crippen LogP contribution in [0.4, 0.5) is 0 Å². The van der Waals surface area contributed by atoms with E-state index in [1.165, 1.54) is 18.3 Å². The molecule has 1 atom stereocenters. The molecule has 18 heavy (non-hydrogen) atoms. The van der Waals surface area contributed by atoms with Crippen molar-refractivity contribution in [2.45, 2.75) is 46.5 Å². The second kappa shape index (κ2) is 9.53. The van der Waals surface area contributed by atoms with Crippen molar-refractivity contribution < 1.29 is 9.53 Å². The minimum Gasteiger partial charge on any atom is -0.469 e. The van der Waals surface area contributed by atoms with Gasteiger partial charge in [0.25, 0.3) is 0 Å². The summed E-state index contributed by atoms with van der Waals surface area (Å²) < 4.78 is 4.74. The molecule has 0 amide bonds. The van der Waals surface area contributed by atoms with Crippen LogP contribution in [0.15, 0.2) is 23.3 Å². The van der Waals surface area contributed by atoms with Crippen LogP contribution in [0.1, 0.15) is 46.5 Å². The van der Waals surface area contributed by atoms with Crippen molar-refractivity contribution in [3.05, 3.63) is 23.3 Å². The Bertz CT molecular complexity index is 352. The van der Waals surface area contributed by atoms with Crippen molar-refractivity contribution in [2.75, 3.05) is 7.11 Å². The first-order valence-electron chi connectivity index (χ1n) is 6.31. The number of hydrogen-bond donors (Lipinski definition) is 0. The molecule has 2 heteroatoms. The Balaban J connectivity index is 4.27. The van der Waals surface area contributed by atoms with E-state index >= 15 is 0 Å². The predicted octanol–water partition coefficient (Wildman–Crippen LogP) is 3.88. The quantitative estimate of drug-likeness (QED) is 0.388. The first-order valence-corrected chi connectivity index (χ1v) is 6.31. The third-order valence-corrected chi connectivity index (χ3v) is 2.74. The van der Waals surface area contributed by atoms with Gasteiger partial charge in [0.2, 0.25) is 0 Å². The number of terminal acetylenes is 1. The summed E-state index contributed by atoms with van der Waals surface area (Å²) >= 11 is 0. The van der Waals surface area contributed by atoms with Crippen molar-refractivity contribution in [1.29, 1.82) is 0 Å². The number of carbonyl (C=O) groups excluding carboxylic acids is 1. The molecule has 0 heterocycles. The summed E-state index contributed by atoms with van der Waals surface area (Å²) in [6.45, 7) is 6.28. The number of hydrogen-bond acceptors (Lipinski definition) is 2. The van der Waals surface area contributed by atoms with Gasteiger partial charge in [0.05, 0.1) is 13.0 Å². The summed E-state index contributed by atoms with van der Waals surface area (Å²) in [5.41, 5.74) is 2.63. The standard InChI is InChI=1S/C16H24O2/c1-6-8-15(16(17)18-5)12-11-14(4)10-7-9-13(2)3/h1,9,11,15H,7-8,10,12H2,2-5H3/b14-11+. The lowest BCUT2D eigenvalue weighted by Gasteiger charge is -2.09. The van der Waals surface area contributed by atoms with E-state index in [1.807, 2.05) is 0 Å². The molecule has 0 aromatic rings. The van der Waals surface area contributed by atoms with E-state index in [2.05, 4.69) is 38.8 Å². The molecule has 1 unspecified atom stereocenters. The van der Waals surface area contributed by atoms with Gasteiger partial charge in [-0.15, -0.1) is 12.3 Å². The second-order valence-electron chi connectivity index (χ2n) is 4.73. The fraction of sp³-hybridized carbons (Fsp3) is 0.562. The van der Waals surface area contributed by atoms with Crippen LogP contribution in [0.2, 0.25) is 0 Å². The molecule has 0 aliphatic heterocycles. The Morgan fingerprint density at radius 1 is 1.33 bits per heavy atom. The molecule has 0 spiro atoms. The van der Waals surface area contributed by atoms with E-state index < -0.39 is 0 Å². The lowest BCUT2D eigenvalue weighted by Crippen LogP contribution is -2.15. The van der Waals surface area contributed by atoms with Crippen LogP contribution in [-0.4, -0.2) is 13.1 Å². The summed E-state index contributed by atoms with van der Waals surface area (Å²) in [6.07, 6.45) is 12.7. The molecule has 100 valence electrons. The van der Waals surface area contributed by atoms with E-state index in [9.17, 15) is 4.79 Å². The topological polar surface area (TPSA) is 26.3 Å². The van der Waals surface area contributed by atoms with E-state index in [-0.39, 0.29) is 11.9 Å². The van der Waals surface area contributed by atoms with Gasteiger partial charge in [-0.25, -0.2) is 0 Å².